The summed E-state index contributed by atoms with van der Waals surface area (Å²) in [5, 5.41) is 3.16. The van der Waals surface area contributed by atoms with Crippen LogP contribution in [0.15, 0.2) is 62.9 Å². The quantitative estimate of drug-likeness (QED) is 0.553. The summed E-state index contributed by atoms with van der Waals surface area (Å²) in [7, 11) is -3.39. The number of nitrogens with two attached hydrogens (primary N) is 1. The number of aliphatic imine (C=N–C) groups is 1. The van der Waals surface area contributed by atoms with E-state index in [2.05, 4.69) is 26.2 Å². The lowest BCUT2D eigenvalue weighted by atomic mass is 10.0. The molecule has 0 saturated heterocycles. The summed E-state index contributed by atoms with van der Waals surface area (Å²) in [6.07, 6.45) is 0.768. The fourth-order valence-corrected chi connectivity index (χ4v) is 4.14. The first kappa shape index (κ1) is 18.7. The van der Waals surface area contributed by atoms with Gasteiger partial charge in [-0.1, -0.05) is 34.1 Å². The zero-order valence-corrected chi connectivity index (χ0v) is 16.5. The van der Waals surface area contributed by atoms with Crippen LogP contribution in [0.25, 0.3) is 0 Å². The van der Waals surface area contributed by atoms with Crippen LogP contribution in [0.4, 0.5) is 0 Å². The summed E-state index contributed by atoms with van der Waals surface area (Å²) in [6.45, 7) is 0.696. The number of ether oxygens (including phenoxy) is 1. The molecule has 6 nitrogen and oxygen atoms in total. The van der Waals surface area contributed by atoms with Gasteiger partial charge in [0, 0.05) is 16.5 Å². The number of nitrogens with zero attached hydrogens (tertiary/aromatic N) is 1. The van der Waals surface area contributed by atoms with Crippen molar-refractivity contribution in [2.75, 3.05) is 18.9 Å². The van der Waals surface area contributed by atoms with Crippen LogP contribution >= 0.6 is 15.9 Å². The van der Waals surface area contributed by atoms with Crippen molar-refractivity contribution >= 4 is 31.7 Å². The first-order chi connectivity index (χ1) is 12.5. The zero-order chi connectivity index (χ0) is 18.6. The molecule has 1 heterocycles. The average molecular weight is 438 g/mol. The Morgan fingerprint density at radius 3 is 2.73 bits per heavy atom. The van der Waals surface area contributed by atoms with E-state index < -0.39 is 9.84 Å². The summed E-state index contributed by atoms with van der Waals surface area (Å²) >= 11 is 3.29. The Balaban J connectivity index is 1.60. The van der Waals surface area contributed by atoms with Crippen LogP contribution in [-0.2, 0) is 9.84 Å². The highest BCUT2D eigenvalue weighted by molar-refractivity contribution is 9.10. The SMILES string of the molecule is NC(=NCCS(=O)(=O)c1ccc(Br)cc1)NC1CCOc2ccccc21. The molecule has 1 unspecified atom stereocenters. The minimum absolute atomic E-state index is 0.00628. The Hall–Kier alpha value is -2.06. The molecule has 138 valence electrons. The van der Waals surface area contributed by atoms with Gasteiger partial charge in [-0.2, -0.15) is 0 Å². The monoisotopic (exact) mass is 437 g/mol. The molecule has 3 rings (SSSR count). The van der Waals surface area contributed by atoms with E-state index >= 15 is 0 Å². The number of rotatable bonds is 5. The minimum Gasteiger partial charge on any atom is -0.493 e. The number of hydrogen-bond acceptors (Lipinski definition) is 4. The van der Waals surface area contributed by atoms with Gasteiger partial charge in [0.2, 0.25) is 0 Å². The van der Waals surface area contributed by atoms with Gasteiger partial charge >= 0.3 is 0 Å². The van der Waals surface area contributed by atoms with Crippen LogP contribution in [0.2, 0.25) is 0 Å². The molecular weight excluding hydrogens is 418 g/mol. The first-order valence-corrected chi connectivity index (χ1v) is 10.7. The molecule has 0 amide bonds. The largest absolute Gasteiger partial charge is 0.493 e. The summed E-state index contributed by atoms with van der Waals surface area (Å²) in [5.41, 5.74) is 6.97. The Morgan fingerprint density at radius 2 is 1.96 bits per heavy atom. The highest BCUT2D eigenvalue weighted by atomic mass is 79.9. The maximum absolute atomic E-state index is 12.3. The van der Waals surface area contributed by atoms with Crippen LogP contribution in [-0.4, -0.2) is 33.3 Å². The Morgan fingerprint density at radius 1 is 1.23 bits per heavy atom. The third-order valence-corrected chi connectivity index (χ3v) is 6.33. The van der Waals surface area contributed by atoms with Crippen molar-refractivity contribution in [2.45, 2.75) is 17.4 Å². The first-order valence-electron chi connectivity index (χ1n) is 8.22. The maximum atomic E-state index is 12.3. The van der Waals surface area contributed by atoms with Gasteiger partial charge in [0.1, 0.15) is 5.75 Å². The second-order valence-corrected chi connectivity index (χ2v) is 8.94. The Labute approximate surface area is 161 Å². The molecule has 3 N–H and O–H groups in total. The van der Waals surface area contributed by atoms with Crippen molar-refractivity contribution in [2.24, 2.45) is 10.7 Å². The van der Waals surface area contributed by atoms with Gasteiger partial charge in [0.25, 0.3) is 0 Å². The Bertz CT molecular complexity index is 898. The molecule has 0 aliphatic carbocycles. The standard InChI is InChI=1S/C18H20BrN3O3S/c19-13-5-7-14(8-6-13)26(23,24)12-10-21-18(20)22-16-9-11-25-17-4-2-1-3-15(16)17/h1-8,16H,9-12H2,(H3,20,21,22). The van der Waals surface area contributed by atoms with Crippen LogP contribution in [0, 0.1) is 0 Å². The molecule has 0 aromatic heterocycles. The topological polar surface area (TPSA) is 93.8 Å². The second kappa shape index (κ2) is 8.09. The van der Waals surface area contributed by atoms with Crippen molar-refractivity contribution in [3.05, 3.63) is 58.6 Å². The summed E-state index contributed by atoms with van der Waals surface area (Å²) in [6, 6.07) is 14.3. The lowest BCUT2D eigenvalue weighted by molar-refractivity contribution is 0.262. The predicted molar refractivity (Wildman–Crippen MR) is 105 cm³/mol. The lowest BCUT2D eigenvalue weighted by Gasteiger charge is -2.26. The molecule has 26 heavy (non-hydrogen) atoms. The highest BCUT2D eigenvalue weighted by Crippen LogP contribution is 2.31. The fraction of sp³-hybridized carbons (Fsp3) is 0.278. The van der Waals surface area contributed by atoms with Crippen LogP contribution in [0.5, 0.6) is 5.75 Å². The molecule has 0 saturated carbocycles. The van der Waals surface area contributed by atoms with E-state index in [1.165, 1.54) is 0 Å². The number of benzene rings is 2. The normalized spacial score (nSPS) is 17.3. The van der Waals surface area contributed by atoms with E-state index in [0.29, 0.717) is 6.61 Å². The summed E-state index contributed by atoms with van der Waals surface area (Å²) in [4.78, 5) is 4.45. The lowest BCUT2D eigenvalue weighted by Crippen LogP contribution is -2.37. The number of nitrogens with one attached hydrogen (secondary N) is 1. The van der Waals surface area contributed by atoms with E-state index in [4.69, 9.17) is 10.5 Å². The molecule has 2 aromatic rings. The van der Waals surface area contributed by atoms with Gasteiger partial charge in [-0.25, -0.2) is 8.42 Å². The molecule has 0 radical (unpaired) electrons. The van der Waals surface area contributed by atoms with Crippen LogP contribution < -0.4 is 15.8 Å². The molecule has 2 aromatic carbocycles. The van der Waals surface area contributed by atoms with Crippen molar-refractivity contribution < 1.29 is 13.2 Å². The van der Waals surface area contributed by atoms with Crippen LogP contribution in [0.3, 0.4) is 0 Å². The number of guanidine groups is 1. The Kier molecular flexibility index (Phi) is 5.83. The molecule has 1 aliphatic rings. The average Bonchev–Trinajstić information content (AvgIpc) is 2.62. The molecule has 0 spiro atoms. The zero-order valence-electron chi connectivity index (χ0n) is 14.1. The van der Waals surface area contributed by atoms with E-state index in [-0.39, 0.29) is 29.2 Å². The van der Waals surface area contributed by atoms with E-state index in [9.17, 15) is 8.42 Å². The maximum Gasteiger partial charge on any atom is 0.189 e. The van der Waals surface area contributed by atoms with Crippen molar-refractivity contribution in [3.63, 3.8) is 0 Å². The molecule has 1 aliphatic heterocycles. The van der Waals surface area contributed by atoms with Crippen LogP contribution in [0.1, 0.15) is 18.0 Å². The second-order valence-electron chi connectivity index (χ2n) is 5.91. The van der Waals surface area contributed by atoms with Crippen molar-refractivity contribution in [3.8, 4) is 5.75 Å². The molecule has 1 atom stereocenters. The fourth-order valence-electron chi connectivity index (χ4n) is 2.76. The van der Waals surface area contributed by atoms with Gasteiger partial charge in [0.15, 0.2) is 15.8 Å². The third kappa shape index (κ3) is 4.56. The number of hydrogen-bond donors (Lipinski definition) is 2. The highest BCUT2D eigenvalue weighted by Gasteiger charge is 2.21. The van der Waals surface area contributed by atoms with Gasteiger partial charge in [0.05, 0.1) is 29.8 Å². The van der Waals surface area contributed by atoms with Gasteiger partial charge in [-0.05, 0) is 30.3 Å². The number of fused-ring (bicyclic) bond motifs is 1. The molecule has 0 fully saturated rings. The van der Waals surface area contributed by atoms with Gasteiger partial charge < -0.3 is 15.8 Å². The number of para-hydroxylation sites is 1. The molecular formula is C18H20BrN3O3S. The predicted octanol–water partition coefficient (Wildman–Crippen LogP) is 2.65. The third-order valence-electron chi connectivity index (χ3n) is 4.10. The number of sulfone groups is 1. The van der Waals surface area contributed by atoms with E-state index in [1.807, 2.05) is 24.3 Å². The van der Waals surface area contributed by atoms with Gasteiger partial charge in [-0.3, -0.25) is 4.99 Å². The number of halogens is 1. The van der Waals surface area contributed by atoms with E-state index in [1.54, 1.807) is 24.3 Å². The smallest absolute Gasteiger partial charge is 0.189 e. The van der Waals surface area contributed by atoms with Crippen molar-refractivity contribution in [1.29, 1.82) is 0 Å². The minimum atomic E-state index is -3.39. The van der Waals surface area contributed by atoms with Crippen molar-refractivity contribution in [1.82, 2.24) is 5.32 Å². The summed E-state index contributed by atoms with van der Waals surface area (Å²) in [5.74, 6) is 0.973. The molecule has 8 heteroatoms. The molecule has 0 bridgehead atoms. The summed E-state index contributed by atoms with van der Waals surface area (Å²) < 4.78 is 31.1. The van der Waals surface area contributed by atoms with E-state index in [0.717, 1.165) is 22.2 Å². The van der Waals surface area contributed by atoms with Gasteiger partial charge in [-0.15, -0.1) is 0 Å².